The van der Waals surface area contributed by atoms with Gasteiger partial charge in [0.2, 0.25) is 0 Å². The lowest BCUT2D eigenvalue weighted by Crippen LogP contribution is -2.18. The summed E-state index contributed by atoms with van der Waals surface area (Å²) in [5, 5.41) is 0. The van der Waals surface area contributed by atoms with Crippen LogP contribution in [0.2, 0.25) is 0 Å². The second-order valence-corrected chi connectivity index (χ2v) is 29.3. The van der Waals surface area contributed by atoms with Crippen LogP contribution in [0.3, 0.4) is 0 Å². The Balaban J connectivity index is 1.11. The number of primary amides is 2. The second kappa shape index (κ2) is 59.0. The summed E-state index contributed by atoms with van der Waals surface area (Å²) in [5.41, 5.74) is 13.2. The van der Waals surface area contributed by atoms with Gasteiger partial charge in [0.15, 0.2) is 0 Å². The largest absolute Gasteiger partial charge is 0.494 e. The molecule has 0 spiro atoms. The van der Waals surface area contributed by atoms with Gasteiger partial charge in [-0.2, -0.15) is 0 Å². The van der Waals surface area contributed by atoms with E-state index >= 15 is 0 Å². The molecule has 0 fully saturated rings. The Morgan fingerprint density at radius 1 is 0.240 bits per heavy atom. The number of ether oxygens (including phenoxy) is 12. The summed E-state index contributed by atoms with van der Waals surface area (Å²) in [6.45, 7) is 17.1. The highest BCUT2D eigenvalue weighted by atomic mass is 16.6. The lowest BCUT2D eigenvalue weighted by atomic mass is 9.99. The maximum atomic E-state index is 14.1. The molecule has 6 rings (SSSR count). The number of esters is 8. The van der Waals surface area contributed by atoms with E-state index in [1.54, 1.807) is 109 Å². The van der Waals surface area contributed by atoms with Crippen LogP contribution in [0.1, 0.15) is 285 Å². The fraction of sp³-hybridized carbons (Fsp3) is 0.443. The third-order valence-corrected chi connectivity index (χ3v) is 19.7. The van der Waals surface area contributed by atoms with Crippen molar-refractivity contribution in [3.63, 3.8) is 0 Å². The monoisotopic (exact) mass is 1670 g/mol. The van der Waals surface area contributed by atoms with E-state index < -0.39 is 59.6 Å². The lowest BCUT2D eigenvalue weighted by molar-refractivity contribution is -0.138. The van der Waals surface area contributed by atoms with Gasteiger partial charge in [-0.05, 0) is 210 Å². The van der Waals surface area contributed by atoms with E-state index in [2.05, 4.69) is 26.3 Å². The van der Waals surface area contributed by atoms with E-state index in [1.165, 1.54) is 12.1 Å². The number of aryl methyl sites for hydroxylation is 2. The zero-order valence-corrected chi connectivity index (χ0v) is 70.2. The van der Waals surface area contributed by atoms with Crippen LogP contribution in [-0.4, -0.2) is 112 Å². The van der Waals surface area contributed by atoms with E-state index in [0.717, 1.165) is 204 Å². The number of nitrogens with two attached hydrogens (primary N) is 2. The van der Waals surface area contributed by atoms with Gasteiger partial charge in [0.25, 0.3) is 11.8 Å². The van der Waals surface area contributed by atoms with E-state index in [0.29, 0.717) is 119 Å². The van der Waals surface area contributed by atoms with Crippen molar-refractivity contribution in [1.82, 2.24) is 0 Å². The molecule has 0 aromatic heterocycles. The van der Waals surface area contributed by atoms with Gasteiger partial charge in [0.05, 0.1) is 86.2 Å². The van der Waals surface area contributed by atoms with Gasteiger partial charge in [0, 0.05) is 24.3 Å². The Morgan fingerprint density at radius 3 is 0.653 bits per heavy atom. The van der Waals surface area contributed by atoms with Crippen molar-refractivity contribution in [3.05, 3.63) is 216 Å². The van der Waals surface area contributed by atoms with Crippen molar-refractivity contribution >= 4 is 59.6 Å². The quantitative estimate of drug-likeness (QED) is 0.0118. The molecule has 121 heavy (non-hydrogen) atoms. The second-order valence-electron chi connectivity index (χ2n) is 29.3. The predicted molar refractivity (Wildman–Crippen MR) is 462 cm³/mol. The molecule has 0 heterocycles. The van der Waals surface area contributed by atoms with Crippen LogP contribution in [-0.2, 0) is 51.0 Å². The average Bonchev–Trinajstić information content (AvgIpc) is 0.804. The Labute approximate surface area is 712 Å². The number of amides is 2. The van der Waals surface area contributed by atoms with Gasteiger partial charge >= 0.3 is 47.8 Å². The number of hydrogen-bond acceptors (Lipinski definition) is 22. The Kier molecular flexibility index (Phi) is 47.8. The molecule has 6 aromatic rings. The van der Waals surface area contributed by atoms with Crippen LogP contribution in [0.4, 0.5) is 0 Å². The van der Waals surface area contributed by atoms with Crippen molar-refractivity contribution in [2.24, 2.45) is 11.5 Å². The zero-order valence-electron chi connectivity index (χ0n) is 70.2. The van der Waals surface area contributed by atoms with Crippen LogP contribution in [0.15, 0.2) is 172 Å². The van der Waals surface area contributed by atoms with Crippen molar-refractivity contribution in [2.45, 2.75) is 225 Å². The highest BCUT2D eigenvalue weighted by Gasteiger charge is 2.26. The Morgan fingerprint density at radius 2 is 0.438 bits per heavy atom. The van der Waals surface area contributed by atoms with Crippen molar-refractivity contribution in [2.75, 3.05) is 52.9 Å². The van der Waals surface area contributed by atoms with Gasteiger partial charge in [-0.3, -0.25) is 9.59 Å². The molecule has 2 amide bonds. The zero-order chi connectivity index (χ0) is 86.9. The SMILES string of the molecule is C=CC(=O)OCCCCCCCCCOc1ccc(C(=O)Oc2cc(CCCCCCCc3cc(OC(=O)c4ccc(OCCCCCCCCCOC(=O)C=C)cc4)cc(C(N)=O)c3OC(=O)c3ccc(OCCCCCCCCCOC(=O)C=C)cc3)c(OC(=O)c3ccc(OCCCCCCCCCOC(=O)C=C)cc3)c(C(N)=O)c2)cc1. The number of carbonyl (C=O) groups excluding carboxylic acids is 10. The summed E-state index contributed by atoms with van der Waals surface area (Å²) < 4.78 is 68.1. The molecule has 6 aromatic carbocycles. The van der Waals surface area contributed by atoms with Crippen LogP contribution in [0, 0.1) is 0 Å². The summed E-state index contributed by atoms with van der Waals surface area (Å²) in [7, 11) is 0. The molecule has 0 atom stereocenters. The first kappa shape index (κ1) is 98.0. The maximum absolute atomic E-state index is 14.1. The van der Waals surface area contributed by atoms with E-state index in [9.17, 15) is 47.9 Å². The summed E-state index contributed by atoms with van der Waals surface area (Å²) in [6, 6.07) is 31.6. The highest BCUT2D eigenvalue weighted by molar-refractivity contribution is 6.01. The van der Waals surface area contributed by atoms with Crippen molar-refractivity contribution < 1.29 is 105 Å². The molecule has 4 N–H and O–H groups in total. The molecular formula is C97H122N2O22. The molecular weight excluding hydrogens is 1550 g/mol. The highest BCUT2D eigenvalue weighted by Crippen LogP contribution is 2.36. The molecule has 0 saturated carbocycles. The number of hydrogen-bond donors (Lipinski definition) is 2. The molecule has 24 nitrogen and oxygen atoms in total. The molecule has 0 unspecified atom stereocenters. The smallest absolute Gasteiger partial charge is 0.343 e. The molecule has 0 aliphatic rings. The first-order chi connectivity index (χ1) is 58.9. The fourth-order valence-corrected chi connectivity index (χ4v) is 13.0. The molecule has 0 aliphatic heterocycles. The number of rotatable bonds is 66. The number of benzene rings is 6. The van der Waals surface area contributed by atoms with Gasteiger partial charge in [-0.15, -0.1) is 0 Å². The van der Waals surface area contributed by atoms with Crippen molar-refractivity contribution in [3.8, 4) is 46.0 Å². The van der Waals surface area contributed by atoms with E-state index in [1.807, 2.05) is 0 Å². The first-order valence-corrected chi connectivity index (χ1v) is 42.8. The van der Waals surface area contributed by atoms with Crippen LogP contribution >= 0.6 is 0 Å². The topological polar surface area (TPSA) is 333 Å². The van der Waals surface area contributed by atoms with Gasteiger partial charge in [-0.25, -0.2) is 38.4 Å². The van der Waals surface area contributed by atoms with Crippen LogP contribution in [0.25, 0.3) is 0 Å². The predicted octanol–water partition coefficient (Wildman–Crippen LogP) is 19.9. The average molecular weight is 1670 g/mol. The minimum atomic E-state index is -0.941. The summed E-state index contributed by atoms with van der Waals surface area (Å²) in [4.78, 5) is 128. The van der Waals surface area contributed by atoms with E-state index in [4.69, 9.17) is 68.3 Å². The maximum Gasteiger partial charge on any atom is 0.343 e. The molecule has 0 aliphatic carbocycles. The summed E-state index contributed by atoms with van der Waals surface area (Å²) >= 11 is 0. The molecule has 24 heteroatoms. The summed E-state index contributed by atoms with van der Waals surface area (Å²) in [6.07, 6.45) is 34.7. The van der Waals surface area contributed by atoms with Crippen molar-refractivity contribution in [1.29, 1.82) is 0 Å². The third kappa shape index (κ3) is 40.2. The van der Waals surface area contributed by atoms with E-state index in [-0.39, 0.29) is 69.2 Å². The number of unbranched alkanes of at least 4 members (excludes halogenated alkanes) is 28. The normalized spacial score (nSPS) is 10.8. The minimum absolute atomic E-state index is 0.0151. The lowest BCUT2D eigenvalue weighted by Gasteiger charge is -2.17. The molecule has 0 bridgehead atoms. The third-order valence-electron chi connectivity index (χ3n) is 19.7. The van der Waals surface area contributed by atoms with Crippen LogP contribution in [0.5, 0.6) is 46.0 Å². The first-order valence-electron chi connectivity index (χ1n) is 42.8. The molecule has 0 radical (unpaired) electrons. The molecule has 652 valence electrons. The molecule has 0 saturated heterocycles. The van der Waals surface area contributed by atoms with Gasteiger partial charge < -0.3 is 68.3 Å². The van der Waals surface area contributed by atoms with Gasteiger partial charge in [-0.1, -0.05) is 174 Å². The van der Waals surface area contributed by atoms with Crippen LogP contribution < -0.4 is 49.4 Å². The Bertz CT molecular complexity index is 3960. The standard InChI is InChI=1S/C97H122N2O22/c1-5-86(100)114-64-38-28-17-9-13-24-34-60-110-78-52-44-72(45-53-78)94(106)118-82-68-76(90(84(70-82)92(98)104)120-96(108)74-48-56-80(57-49-74)112-62-36-26-15-11-19-30-40-66-116-88(102)7-3)42-32-22-21-23-33-43-77-69-83(119-95(107)73-46-54-79(55-47-73)111-61-35-25-14-10-18-29-39-65-115-87(101)6-2)71-85(93(99)105)91(77)121-97(109)75-50-58-81(59-51-75)113-63-37-27-16-12-20-31-41-67-117-89(103)8-4/h5-8,44-59,68-71H,1-4,9-43,60-67H2,(H2,98,104)(H2,99,105). The van der Waals surface area contributed by atoms with Gasteiger partial charge in [0.1, 0.15) is 46.0 Å². The minimum Gasteiger partial charge on any atom is -0.494 e. The summed E-state index contributed by atoms with van der Waals surface area (Å²) in [5.74, 6) is -4.54. The fourth-order valence-electron chi connectivity index (χ4n) is 13.0. The number of carbonyl (C=O) groups is 10. The Hall–Kier alpha value is -11.8.